The van der Waals surface area contributed by atoms with E-state index in [4.69, 9.17) is 14.6 Å². The predicted molar refractivity (Wildman–Crippen MR) is 138 cm³/mol. The summed E-state index contributed by atoms with van der Waals surface area (Å²) >= 11 is 0. The largest absolute Gasteiger partial charge is 0.443 e. The van der Waals surface area contributed by atoms with Crippen LogP contribution >= 0.6 is 0 Å². The highest BCUT2D eigenvalue weighted by Crippen LogP contribution is 2.44. The number of aromatic nitrogens is 5. The lowest BCUT2D eigenvalue weighted by Gasteiger charge is -2.38. The van der Waals surface area contributed by atoms with E-state index in [-0.39, 0.29) is 18.5 Å². The number of ether oxygens (including phenoxy) is 2. The first-order valence-electron chi connectivity index (χ1n) is 13.0. The van der Waals surface area contributed by atoms with Crippen LogP contribution in [0.5, 0.6) is 0 Å². The Labute approximate surface area is 216 Å². The standard InChI is InChI=1S/C27H36N6O4/c1-26(2,3)36-24(34)31(25(35)37-27(4,5)6)15-17-12-20(13-17)32-16-21(22(30-32)18-9-10-18)33-23-19(14-29-33)8-7-11-28-23/h7-8,11,14,16-18,20H,9-10,12-13,15H2,1-6H3/t17-,20-. The monoisotopic (exact) mass is 508 g/mol. The Morgan fingerprint density at radius 1 is 1.05 bits per heavy atom. The van der Waals surface area contributed by atoms with Gasteiger partial charge < -0.3 is 9.47 Å². The van der Waals surface area contributed by atoms with E-state index in [0.29, 0.717) is 5.92 Å². The number of rotatable bonds is 5. The van der Waals surface area contributed by atoms with E-state index < -0.39 is 23.4 Å². The number of pyridine rings is 1. The normalized spacial score (nSPS) is 19.9. The molecule has 0 spiro atoms. The van der Waals surface area contributed by atoms with E-state index in [2.05, 4.69) is 16.3 Å². The molecule has 3 aromatic rings. The summed E-state index contributed by atoms with van der Waals surface area (Å²) in [5.41, 5.74) is 1.43. The second-order valence-corrected chi connectivity index (χ2v) is 12.2. The lowest BCUT2D eigenvalue weighted by molar-refractivity contribution is -0.00641. The van der Waals surface area contributed by atoms with Gasteiger partial charge in [-0.1, -0.05) is 0 Å². The summed E-state index contributed by atoms with van der Waals surface area (Å²) in [5, 5.41) is 10.6. The van der Waals surface area contributed by atoms with Crippen LogP contribution in [0.2, 0.25) is 0 Å². The van der Waals surface area contributed by atoms with E-state index in [1.54, 1.807) is 47.7 Å². The van der Waals surface area contributed by atoms with Crippen molar-refractivity contribution in [3.63, 3.8) is 0 Å². The van der Waals surface area contributed by atoms with Crippen LogP contribution in [-0.4, -0.2) is 59.4 Å². The number of amides is 2. The van der Waals surface area contributed by atoms with Gasteiger partial charge in [-0.2, -0.15) is 10.2 Å². The Morgan fingerprint density at radius 3 is 2.30 bits per heavy atom. The highest BCUT2D eigenvalue weighted by atomic mass is 16.6. The van der Waals surface area contributed by atoms with Crippen LogP contribution in [0, 0.1) is 5.92 Å². The minimum absolute atomic E-state index is 0.134. The smallest absolute Gasteiger partial charge is 0.419 e. The van der Waals surface area contributed by atoms with Gasteiger partial charge in [-0.05, 0) is 85.3 Å². The third-order valence-electron chi connectivity index (χ3n) is 6.52. The molecule has 2 aliphatic rings. The van der Waals surface area contributed by atoms with Crippen LogP contribution in [0.15, 0.2) is 30.7 Å². The summed E-state index contributed by atoms with van der Waals surface area (Å²) in [6.45, 7) is 10.9. The van der Waals surface area contributed by atoms with E-state index in [1.165, 1.54) is 0 Å². The van der Waals surface area contributed by atoms with Crippen molar-refractivity contribution in [3.05, 3.63) is 36.4 Å². The summed E-state index contributed by atoms with van der Waals surface area (Å²) in [5.74, 6) is 0.583. The van der Waals surface area contributed by atoms with Crippen molar-refractivity contribution in [1.29, 1.82) is 0 Å². The van der Waals surface area contributed by atoms with Crippen molar-refractivity contribution in [2.45, 2.75) is 90.4 Å². The quantitative estimate of drug-likeness (QED) is 0.441. The molecular weight excluding hydrogens is 472 g/mol. The summed E-state index contributed by atoms with van der Waals surface area (Å²) in [4.78, 5) is 31.3. The molecule has 0 aliphatic heterocycles. The zero-order valence-electron chi connectivity index (χ0n) is 22.5. The van der Waals surface area contributed by atoms with Crippen LogP contribution in [0.1, 0.15) is 84.9 Å². The van der Waals surface area contributed by atoms with Gasteiger partial charge in [-0.3, -0.25) is 4.68 Å². The molecule has 198 valence electrons. The minimum atomic E-state index is -0.713. The van der Waals surface area contributed by atoms with Crippen molar-refractivity contribution in [1.82, 2.24) is 29.4 Å². The molecule has 2 amide bonds. The lowest BCUT2D eigenvalue weighted by atomic mass is 9.80. The highest BCUT2D eigenvalue weighted by Gasteiger charge is 2.39. The minimum Gasteiger partial charge on any atom is -0.443 e. The molecule has 10 nitrogen and oxygen atoms in total. The van der Waals surface area contributed by atoms with E-state index in [0.717, 1.165) is 53.0 Å². The number of imide groups is 1. The van der Waals surface area contributed by atoms with Gasteiger partial charge in [-0.15, -0.1) is 0 Å². The number of carbonyl (C=O) groups is 2. The molecule has 0 radical (unpaired) electrons. The fourth-order valence-corrected chi connectivity index (χ4v) is 4.61. The fourth-order valence-electron chi connectivity index (χ4n) is 4.61. The number of fused-ring (bicyclic) bond motifs is 1. The summed E-state index contributed by atoms with van der Waals surface area (Å²) in [6, 6.07) is 4.10. The Balaban J connectivity index is 1.31. The van der Waals surface area contributed by atoms with Crippen LogP contribution in [0.25, 0.3) is 16.7 Å². The summed E-state index contributed by atoms with van der Waals surface area (Å²) in [7, 11) is 0. The van der Waals surface area contributed by atoms with Crippen molar-refractivity contribution in [3.8, 4) is 5.69 Å². The lowest BCUT2D eigenvalue weighted by Crippen LogP contribution is -2.47. The van der Waals surface area contributed by atoms with Crippen LogP contribution in [0.4, 0.5) is 9.59 Å². The molecule has 0 bridgehead atoms. The Morgan fingerprint density at radius 2 is 1.70 bits per heavy atom. The highest BCUT2D eigenvalue weighted by molar-refractivity contribution is 5.88. The molecule has 2 aliphatic carbocycles. The van der Waals surface area contributed by atoms with Gasteiger partial charge in [0.1, 0.15) is 16.9 Å². The van der Waals surface area contributed by atoms with Gasteiger partial charge in [0.2, 0.25) is 0 Å². The van der Waals surface area contributed by atoms with Crippen molar-refractivity contribution >= 4 is 23.2 Å². The maximum Gasteiger partial charge on any atom is 0.419 e. The molecule has 0 atom stereocenters. The van der Waals surface area contributed by atoms with Crippen molar-refractivity contribution in [2.24, 2.45) is 5.92 Å². The summed E-state index contributed by atoms with van der Waals surface area (Å²) in [6.07, 6.45) is 8.17. The maximum absolute atomic E-state index is 12.9. The average Bonchev–Trinajstić information content (AvgIpc) is 3.36. The van der Waals surface area contributed by atoms with Gasteiger partial charge in [0, 0.05) is 24.0 Å². The summed E-state index contributed by atoms with van der Waals surface area (Å²) < 4.78 is 14.9. The van der Waals surface area contributed by atoms with Crippen LogP contribution in [-0.2, 0) is 9.47 Å². The number of hydrogen-bond donors (Lipinski definition) is 0. The Kier molecular flexibility index (Phi) is 6.24. The van der Waals surface area contributed by atoms with Crippen molar-refractivity contribution < 1.29 is 19.1 Å². The van der Waals surface area contributed by atoms with Gasteiger partial charge in [0.05, 0.1) is 24.1 Å². The molecule has 0 N–H and O–H groups in total. The number of carbonyl (C=O) groups excluding carboxylic acids is 2. The van der Waals surface area contributed by atoms with Gasteiger partial charge in [0.15, 0.2) is 5.65 Å². The SMILES string of the molecule is CC(C)(C)OC(=O)N(C[C@H]1C[C@H](n2cc(-n3ncc4cccnc43)c(C3CC3)n2)C1)C(=O)OC(C)(C)C. The molecule has 0 saturated heterocycles. The molecule has 37 heavy (non-hydrogen) atoms. The van der Waals surface area contributed by atoms with Crippen molar-refractivity contribution in [2.75, 3.05) is 6.54 Å². The first-order chi connectivity index (χ1) is 17.4. The Hall–Kier alpha value is -3.43. The van der Waals surface area contributed by atoms with Crippen LogP contribution < -0.4 is 0 Å². The number of hydrogen-bond acceptors (Lipinski definition) is 7. The molecule has 10 heteroatoms. The predicted octanol–water partition coefficient (Wildman–Crippen LogP) is 5.62. The van der Waals surface area contributed by atoms with Gasteiger partial charge in [0.25, 0.3) is 0 Å². The fraction of sp³-hybridized carbons (Fsp3) is 0.593. The molecule has 2 fully saturated rings. The molecule has 2 saturated carbocycles. The third kappa shape index (κ3) is 5.62. The number of nitrogens with zero attached hydrogens (tertiary/aromatic N) is 6. The van der Waals surface area contributed by atoms with E-state index in [1.807, 2.05) is 27.7 Å². The zero-order chi connectivity index (χ0) is 26.5. The van der Waals surface area contributed by atoms with E-state index >= 15 is 0 Å². The first kappa shape index (κ1) is 25.2. The maximum atomic E-state index is 12.9. The average molecular weight is 509 g/mol. The topological polar surface area (TPSA) is 104 Å². The molecule has 3 aromatic heterocycles. The molecular formula is C27H36N6O4. The molecule has 0 unspecified atom stereocenters. The molecule has 0 aromatic carbocycles. The van der Waals surface area contributed by atoms with Crippen LogP contribution in [0.3, 0.4) is 0 Å². The second-order valence-electron chi connectivity index (χ2n) is 12.2. The Bertz CT molecular complexity index is 1280. The first-order valence-corrected chi connectivity index (χ1v) is 13.0. The van der Waals surface area contributed by atoms with Gasteiger partial charge >= 0.3 is 12.2 Å². The molecule has 3 heterocycles. The molecule has 5 rings (SSSR count). The van der Waals surface area contributed by atoms with Gasteiger partial charge in [-0.25, -0.2) is 24.2 Å². The zero-order valence-corrected chi connectivity index (χ0v) is 22.5. The third-order valence-corrected chi connectivity index (χ3v) is 6.52. The second kappa shape index (κ2) is 9.15. The van der Waals surface area contributed by atoms with E-state index in [9.17, 15) is 9.59 Å².